The molecule has 0 aromatic heterocycles. The van der Waals surface area contributed by atoms with Gasteiger partial charge in [0.1, 0.15) is 18.0 Å². The Balaban J connectivity index is 2.85. The summed E-state index contributed by atoms with van der Waals surface area (Å²) in [6.45, 7) is 0.992. The van der Waals surface area contributed by atoms with Gasteiger partial charge >= 0.3 is 0 Å². The normalized spacial score (nSPS) is 37.2. The van der Waals surface area contributed by atoms with E-state index in [9.17, 15) is 10.2 Å². The lowest BCUT2D eigenvalue weighted by atomic mass is 10.0. The Morgan fingerprint density at radius 2 is 2.00 bits per heavy atom. The van der Waals surface area contributed by atoms with Gasteiger partial charge in [-0.2, -0.15) is 0 Å². The van der Waals surface area contributed by atoms with Crippen LogP contribution in [0.15, 0.2) is 11.3 Å². The minimum absolute atomic E-state index is 0.173. The zero-order valence-corrected chi connectivity index (χ0v) is 6.64. The zero-order valence-electron chi connectivity index (χ0n) is 6.64. The Morgan fingerprint density at radius 1 is 1.42 bits per heavy atom. The molecule has 0 radical (unpaired) electrons. The van der Waals surface area contributed by atoms with Crippen molar-refractivity contribution in [1.82, 2.24) is 0 Å². The molecule has 12 heavy (non-hydrogen) atoms. The lowest BCUT2D eigenvalue weighted by Crippen LogP contribution is -2.42. The number of rotatable bonds is 1. The monoisotopic (exact) mass is 176 g/mol. The van der Waals surface area contributed by atoms with Crippen molar-refractivity contribution in [2.45, 2.75) is 25.4 Å². The molecule has 1 unspecified atom stereocenters. The third-order valence-corrected chi connectivity index (χ3v) is 1.89. The lowest BCUT2D eigenvalue weighted by Gasteiger charge is -2.30. The molecule has 0 saturated carbocycles. The number of ether oxygens (including phenoxy) is 1. The summed E-state index contributed by atoms with van der Waals surface area (Å²) in [7, 11) is 0. The van der Waals surface area contributed by atoms with E-state index in [-0.39, 0.29) is 11.3 Å². The summed E-state index contributed by atoms with van der Waals surface area (Å²) in [5.41, 5.74) is 0.173. The van der Waals surface area contributed by atoms with Gasteiger partial charge < -0.3 is 25.2 Å². The molecule has 0 aliphatic carbocycles. The van der Waals surface area contributed by atoms with Crippen molar-refractivity contribution in [2.24, 2.45) is 0 Å². The Morgan fingerprint density at radius 3 is 2.50 bits per heavy atom. The summed E-state index contributed by atoms with van der Waals surface area (Å²) in [4.78, 5) is 0. The summed E-state index contributed by atoms with van der Waals surface area (Å²) in [5.74, 6) is -0.326. The highest BCUT2D eigenvalue weighted by molar-refractivity contribution is 5.15. The Labute approximate surface area is 69.5 Å². The van der Waals surface area contributed by atoms with Crippen molar-refractivity contribution in [1.29, 1.82) is 0 Å². The summed E-state index contributed by atoms with van der Waals surface area (Å²) < 4.78 is 4.77. The predicted molar refractivity (Wildman–Crippen MR) is 39.3 cm³/mol. The van der Waals surface area contributed by atoms with Gasteiger partial charge in [0.25, 0.3) is 0 Å². The van der Waals surface area contributed by atoms with Gasteiger partial charge in [-0.05, 0) is 6.92 Å². The third-order valence-electron chi connectivity index (χ3n) is 1.89. The van der Waals surface area contributed by atoms with E-state index in [0.29, 0.717) is 0 Å². The van der Waals surface area contributed by atoms with Crippen LogP contribution in [0, 0.1) is 0 Å². The summed E-state index contributed by atoms with van der Waals surface area (Å²) in [6.07, 6.45) is -3.45. The molecule has 0 saturated heterocycles. The van der Waals surface area contributed by atoms with Crippen molar-refractivity contribution >= 4 is 0 Å². The Bertz CT molecular complexity index is 200. The maximum Gasteiger partial charge on any atom is 0.181 e. The van der Waals surface area contributed by atoms with E-state index in [1.165, 1.54) is 6.92 Å². The lowest BCUT2D eigenvalue weighted by molar-refractivity contribution is -0.172. The van der Waals surface area contributed by atoms with Gasteiger partial charge in [-0.3, -0.25) is 0 Å². The van der Waals surface area contributed by atoms with Crippen molar-refractivity contribution in [2.75, 3.05) is 6.61 Å². The second-order valence-electron chi connectivity index (χ2n) is 2.72. The molecular formula is C7H12O5. The summed E-state index contributed by atoms with van der Waals surface area (Å²) in [5, 5.41) is 36.2. The minimum Gasteiger partial charge on any atom is -0.509 e. The van der Waals surface area contributed by atoms with E-state index < -0.39 is 25.1 Å². The van der Waals surface area contributed by atoms with Gasteiger partial charge in [0.05, 0.1) is 6.61 Å². The zero-order chi connectivity index (χ0) is 9.30. The van der Waals surface area contributed by atoms with Crippen LogP contribution in [0.4, 0.5) is 0 Å². The third kappa shape index (κ3) is 1.44. The van der Waals surface area contributed by atoms with E-state index in [1.54, 1.807) is 0 Å². The number of aliphatic hydroxyl groups excluding tert-OH is 4. The molecule has 0 spiro atoms. The molecule has 0 aromatic carbocycles. The molecule has 0 amide bonds. The van der Waals surface area contributed by atoms with Crippen LogP contribution >= 0.6 is 0 Å². The molecule has 3 atom stereocenters. The molecule has 1 heterocycles. The summed E-state index contributed by atoms with van der Waals surface area (Å²) in [6, 6.07) is 0. The maximum absolute atomic E-state index is 9.22. The molecule has 1 aliphatic heterocycles. The van der Waals surface area contributed by atoms with Gasteiger partial charge in [-0.15, -0.1) is 0 Å². The molecular weight excluding hydrogens is 164 g/mol. The highest BCUT2D eigenvalue weighted by Gasteiger charge is 2.33. The van der Waals surface area contributed by atoms with Gasteiger partial charge in [-0.25, -0.2) is 0 Å². The molecule has 70 valence electrons. The first-order valence-corrected chi connectivity index (χ1v) is 3.60. The summed E-state index contributed by atoms with van der Waals surface area (Å²) >= 11 is 0. The second kappa shape index (κ2) is 3.40. The van der Waals surface area contributed by atoms with Crippen LogP contribution in [0.3, 0.4) is 0 Å². The van der Waals surface area contributed by atoms with E-state index >= 15 is 0 Å². The van der Waals surface area contributed by atoms with Crippen LogP contribution in [0.2, 0.25) is 0 Å². The van der Waals surface area contributed by atoms with Gasteiger partial charge in [-0.1, -0.05) is 0 Å². The number of aliphatic hydroxyl groups is 4. The van der Waals surface area contributed by atoms with Crippen LogP contribution < -0.4 is 0 Å². The van der Waals surface area contributed by atoms with E-state index in [2.05, 4.69) is 0 Å². The van der Waals surface area contributed by atoms with Gasteiger partial charge in [0, 0.05) is 5.57 Å². The predicted octanol–water partition coefficient (Wildman–Crippen LogP) is -1.11. The molecule has 0 bridgehead atoms. The topological polar surface area (TPSA) is 90.2 Å². The Kier molecular flexibility index (Phi) is 2.69. The number of hydrogen-bond acceptors (Lipinski definition) is 5. The molecule has 4 N–H and O–H groups in total. The van der Waals surface area contributed by atoms with Crippen LogP contribution in [0.1, 0.15) is 6.92 Å². The standard InChI is InChI=1S/C7H12O5/c1-3-5(9)6(10)4(2-8)12-7(3)11/h4,6-11H,2H2,1H3/t4?,6-,7+/m0/s1. The quantitative estimate of drug-likeness (QED) is 0.406. The average Bonchev–Trinajstić information content (AvgIpc) is 2.08. The van der Waals surface area contributed by atoms with E-state index in [1.807, 2.05) is 0 Å². The van der Waals surface area contributed by atoms with Crippen LogP contribution in [0.25, 0.3) is 0 Å². The van der Waals surface area contributed by atoms with Crippen LogP contribution in [0.5, 0.6) is 0 Å². The van der Waals surface area contributed by atoms with Crippen LogP contribution in [-0.4, -0.2) is 45.5 Å². The molecule has 1 rings (SSSR count). The smallest absolute Gasteiger partial charge is 0.181 e. The van der Waals surface area contributed by atoms with E-state index in [0.717, 1.165) is 0 Å². The molecule has 0 aromatic rings. The highest BCUT2D eigenvalue weighted by Crippen LogP contribution is 2.22. The first kappa shape index (κ1) is 9.47. The van der Waals surface area contributed by atoms with Crippen molar-refractivity contribution in [3.05, 3.63) is 11.3 Å². The molecule has 1 aliphatic rings. The molecule has 5 heteroatoms. The van der Waals surface area contributed by atoms with Crippen molar-refractivity contribution in [3.8, 4) is 0 Å². The largest absolute Gasteiger partial charge is 0.509 e. The fourth-order valence-electron chi connectivity index (χ4n) is 1.02. The number of hydrogen-bond donors (Lipinski definition) is 4. The van der Waals surface area contributed by atoms with Crippen molar-refractivity contribution < 1.29 is 25.2 Å². The minimum atomic E-state index is -1.25. The van der Waals surface area contributed by atoms with Gasteiger partial charge in [0.2, 0.25) is 0 Å². The van der Waals surface area contributed by atoms with Crippen molar-refractivity contribution in [3.63, 3.8) is 0 Å². The highest BCUT2D eigenvalue weighted by atomic mass is 16.6. The Hall–Kier alpha value is -0.620. The first-order chi connectivity index (χ1) is 5.57. The van der Waals surface area contributed by atoms with E-state index in [4.69, 9.17) is 14.9 Å². The fourth-order valence-corrected chi connectivity index (χ4v) is 1.02. The van der Waals surface area contributed by atoms with Gasteiger partial charge in [0.15, 0.2) is 6.29 Å². The average molecular weight is 176 g/mol. The SMILES string of the molecule is CC1=C(O)[C@@H](O)C(CO)O[C@H]1O. The van der Waals surface area contributed by atoms with Crippen LogP contribution in [-0.2, 0) is 4.74 Å². The maximum atomic E-state index is 9.22. The molecule has 5 nitrogen and oxygen atoms in total. The molecule has 0 fully saturated rings. The fraction of sp³-hybridized carbons (Fsp3) is 0.714. The second-order valence-corrected chi connectivity index (χ2v) is 2.72. The first-order valence-electron chi connectivity index (χ1n) is 3.60.